The lowest BCUT2D eigenvalue weighted by atomic mass is 9.97. The summed E-state index contributed by atoms with van der Waals surface area (Å²) in [6.45, 7) is -2.50. The van der Waals surface area contributed by atoms with Gasteiger partial charge in [-0.1, -0.05) is 127 Å². The van der Waals surface area contributed by atoms with E-state index in [0.29, 0.717) is 40.8 Å². The van der Waals surface area contributed by atoms with Crippen LogP contribution in [0.5, 0.6) is 0 Å². The summed E-state index contributed by atoms with van der Waals surface area (Å²) < 4.78 is 19.3. The van der Waals surface area contributed by atoms with Gasteiger partial charge in [-0.3, -0.25) is 0 Å². The van der Waals surface area contributed by atoms with Gasteiger partial charge in [-0.15, -0.1) is 0 Å². The minimum Gasteiger partial charge on any atom is -0.459 e. The van der Waals surface area contributed by atoms with Gasteiger partial charge in [-0.25, -0.2) is 42.5 Å². The predicted octanol–water partition coefficient (Wildman–Crippen LogP) is 6.78. The summed E-state index contributed by atoms with van der Waals surface area (Å²) in [6, 6.07) is 45.5. The largest absolute Gasteiger partial charge is 0.459 e. The lowest BCUT2D eigenvalue weighted by Gasteiger charge is -2.21. The molecule has 0 bridgehead atoms. The minimum absolute atomic E-state index is 0.162. The molecule has 13 heteroatoms. The van der Waals surface area contributed by atoms with Gasteiger partial charge in [-0.05, 0) is 78.1 Å². The number of nitrogens with zero attached hydrogens (tertiary/aromatic N) is 3. The van der Waals surface area contributed by atoms with Gasteiger partial charge < -0.3 is 19.3 Å². The smallest absolute Gasteiger partial charge is 0.339 e. The van der Waals surface area contributed by atoms with E-state index in [1.165, 1.54) is 0 Å². The van der Waals surface area contributed by atoms with E-state index in [1.807, 2.05) is 84.9 Å². The number of rotatable bonds is 12. The van der Waals surface area contributed by atoms with Gasteiger partial charge in [0, 0.05) is 7.05 Å². The van der Waals surface area contributed by atoms with Gasteiger partial charge in [0.15, 0.2) is 6.10 Å². The molecule has 0 aliphatic heterocycles. The first kappa shape index (κ1) is 41.2. The fraction of sp³-hybridized carbons (Fsp3) is 0.137. The van der Waals surface area contributed by atoms with Crippen LogP contribution in [0.4, 0.5) is 0 Å². The third-order valence-electron chi connectivity index (χ3n) is 11.3. The molecule has 9 aromatic rings. The van der Waals surface area contributed by atoms with E-state index in [1.54, 1.807) is 66.7 Å². The molecule has 1 aromatic heterocycles. The van der Waals surface area contributed by atoms with Gasteiger partial charge >= 0.3 is 35.0 Å². The minimum atomic E-state index is -1.57. The van der Waals surface area contributed by atoms with Crippen LogP contribution in [-0.4, -0.2) is 62.1 Å². The standard InChI is InChI=1S/C51H39N3O10/c1-52-49(59)53(27-38(55)29-62-47(57)44-40-18-8-4-14-33(40)25-34-15-5-9-19-41(34)44)51(61)54(50(52)60)28-39(64-46(56)37-23-22-31-12-2-3-13-32(31)24-37)30-63-48(58)45-42-20-10-6-16-35(42)26-36-17-7-11-21-43(36)45/h2-26,38-39,55H,27-30H2,1H3. The summed E-state index contributed by atoms with van der Waals surface area (Å²) in [6.07, 6.45) is -3.00. The van der Waals surface area contributed by atoms with Crippen molar-refractivity contribution in [2.24, 2.45) is 7.05 Å². The number of fused-ring (bicyclic) bond motifs is 5. The summed E-state index contributed by atoms with van der Waals surface area (Å²) in [5, 5.41) is 18.5. The first-order valence-corrected chi connectivity index (χ1v) is 20.5. The van der Waals surface area contributed by atoms with Gasteiger partial charge in [0.05, 0.1) is 29.8 Å². The molecule has 0 aliphatic rings. The quantitative estimate of drug-likeness (QED) is 0.0788. The molecule has 0 saturated carbocycles. The van der Waals surface area contributed by atoms with Crippen LogP contribution in [0.3, 0.4) is 0 Å². The van der Waals surface area contributed by atoms with Crippen molar-refractivity contribution in [1.29, 1.82) is 0 Å². The Morgan fingerprint density at radius 2 is 0.906 bits per heavy atom. The average molecular weight is 854 g/mol. The molecular weight excluding hydrogens is 815 g/mol. The van der Waals surface area contributed by atoms with Gasteiger partial charge in [-0.2, -0.15) is 0 Å². The SMILES string of the molecule is Cn1c(=O)n(CC(O)COC(=O)c2c3ccccc3cc3ccccc23)c(=O)n(CC(COC(=O)c2c3ccccc3cc3ccccc23)OC(=O)c2ccc3ccccc3c2)c1=O. The van der Waals surface area contributed by atoms with Crippen LogP contribution in [0.1, 0.15) is 31.1 Å². The highest BCUT2D eigenvalue weighted by molar-refractivity contribution is 6.17. The second kappa shape index (κ2) is 17.3. The molecule has 2 atom stereocenters. The Kier molecular flexibility index (Phi) is 11.1. The Morgan fingerprint density at radius 3 is 1.41 bits per heavy atom. The van der Waals surface area contributed by atoms with Crippen LogP contribution < -0.4 is 17.1 Å². The monoisotopic (exact) mass is 853 g/mol. The summed E-state index contributed by atoms with van der Waals surface area (Å²) in [5.41, 5.74) is -2.51. The van der Waals surface area contributed by atoms with E-state index in [4.69, 9.17) is 14.2 Å². The lowest BCUT2D eigenvalue weighted by molar-refractivity contribution is -0.00615. The molecule has 0 saturated heterocycles. The average Bonchev–Trinajstić information content (AvgIpc) is 3.32. The molecule has 0 fully saturated rings. The van der Waals surface area contributed by atoms with Crippen LogP contribution in [0, 0.1) is 0 Å². The normalized spacial score (nSPS) is 12.4. The van der Waals surface area contributed by atoms with Crippen LogP contribution in [0.15, 0.2) is 166 Å². The number of aliphatic hydroxyl groups is 1. The number of hydrogen-bond donors (Lipinski definition) is 1. The third kappa shape index (κ3) is 7.91. The molecule has 2 unspecified atom stereocenters. The molecule has 64 heavy (non-hydrogen) atoms. The zero-order valence-electron chi connectivity index (χ0n) is 34.4. The van der Waals surface area contributed by atoms with Crippen LogP contribution >= 0.6 is 0 Å². The molecule has 0 aliphatic carbocycles. The molecule has 8 aromatic carbocycles. The topological polar surface area (TPSA) is 165 Å². The Labute approximate surface area is 363 Å². The number of carbonyl (C=O) groups excluding carboxylic acids is 3. The molecule has 1 heterocycles. The summed E-state index contributed by atoms with van der Waals surface area (Å²) in [4.78, 5) is 82.6. The number of benzene rings is 8. The Bertz CT molecular complexity index is 3410. The van der Waals surface area contributed by atoms with Gasteiger partial charge in [0.2, 0.25) is 0 Å². The fourth-order valence-corrected chi connectivity index (χ4v) is 8.14. The first-order chi connectivity index (χ1) is 31.0. The number of aromatic nitrogens is 3. The molecule has 1 N–H and O–H groups in total. The van der Waals surface area contributed by atoms with E-state index < -0.39 is 73.5 Å². The summed E-state index contributed by atoms with van der Waals surface area (Å²) in [7, 11) is 1.15. The van der Waals surface area contributed by atoms with Crippen molar-refractivity contribution in [3.05, 3.63) is 200 Å². The van der Waals surface area contributed by atoms with Crippen LogP contribution in [0.25, 0.3) is 53.9 Å². The Morgan fingerprint density at radius 1 is 0.484 bits per heavy atom. The zero-order valence-corrected chi connectivity index (χ0v) is 34.4. The summed E-state index contributed by atoms with van der Waals surface area (Å²) in [5.74, 6) is -2.28. The van der Waals surface area contributed by atoms with E-state index >= 15 is 0 Å². The number of esters is 3. The van der Waals surface area contributed by atoms with E-state index in [0.717, 1.165) is 39.4 Å². The van der Waals surface area contributed by atoms with E-state index in [2.05, 4.69) is 0 Å². The highest BCUT2D eigenvalue weighted by Crippen LogP contribution is 2.31. The number of carbonyl (C=O) groups is 3. The third-order valence-corrected chi connectivity index (χ3v) is 11.3. The molecular formula is C51H39N3O10. The number of hydrogen-bond acceptors (Lipinski definition) is 10. The van der Waals surface area contributed by atoms with Gasteiger partial charge in [0.25, 0.3) is 0 Å². The second-order valence-corrected chi connectivity index (χ2v) is 15.5. The second-order valence-electron chi connectivity index (χ2n) is 15.5. The maximum Gasteiger partial charge on any atom is 0.339 e. The van der Waals surface area contributed by atoms with E-state index in [9.17, 15) is 33.9 Å². The highest BCUT2D eigenvalue weighted by atomic mass is 16.6. The Balaban J connectivity index is 1.00. The maximum atomic E-state index is 14.1. The number of aliphatic hydroxyl groups excluding tert-OH is 1. The Hall–Kier alpha value is -8.16. The first-order valence-electron chi connectivity index (χ1n) is 20.5. The fourth-order valence-electron chi connectivity index (χ4n) is 8.14. The van der Waals surface area contributed by atoms with Crippen LogP contribution in [-0.2, 0) is 34.3 Å². The molecule has 0 spiro atoms. The van der Waals surface area contributed by atoms with Gasteiger partial charge in [0.1, 0.15) is 19.3 Å². The molecule has 0 radical (unpaired) electrons. The highest BCUT2D eigenvalue weighted by Gasteiger charge is 2.26. The van der Waals surface area contributed by atoms with Crippen molar-refractivity contribution in [3.8, 4) is 0 Å². The predicted molar refractivity (Wildman–Crippen MR) is 243 cm³/mol. The maximum absolute atomic E-state index is 14.1. The molecule has 13 nitrogen and oxygen atoms in total. The van der Waals surface area contributed by atoms with E-state index in [-0.39, 0.29) is 11.1 Å². The van der Waals surface area contributed by atoms with Crippen molar-refractivity contribution in [3.63, 3.8) is 0 Å². The van der Waals surface area contributed by atoms with Crippen molar-refractivity contribution in [1.82, 2.24) is 13.7 Å². The van der Waals surface area contributed by atoms with Crippen molar-refractivity contribution in [2.45, 2.75) is 25.3 Å². The van der Waals surface area contributed by atoms with Crippen molar-refractivity contribution < 1.29 is 33.7 Å². The number of ether oxygens (including phenoxy) is 3. The van der Waals surface area contributed by atoms with Crippen LogP contribution in [0.2, 0.25) is 0 Å². The molecule has 318 valence electrons. The zero-order chi connectivity index (χ0) is 44.5. The molecule has 9 rings (SSSR count). The van der Waals surface area contributed by atoms with Crippen molar-refractivity contribution in [2.75, 3.05) is 13.2 Å². The summed E-state index contributed by atoms with van der Waals surface area (Å²) >= 11 is 0. The lowest BCUT2D eigenvalue weighted by Crippen LogP contribution is -2.56. The molecule has 0 amide bonds. The van der Waals surface area contributed by atoms with Crippen molar-refractivity contribution >= 4 is 71.8 Å².